The van der Waals surface area contributed by atoms with E-state index in [1.165, 1.54) is 11.1 Å². The number of aryl methyl sites for hydroxylation is 2. The van der Waals surface area contributed by atoms with E-state index in [4.69, 9.17) is 0 Å². The number of phenolic OH excluding ortho intramolecular Hbond substituents is 2. The van der Waals surface area contributed by atoms with Crippen molar-refractivity contribution in [3.63, 3.8) is 0 Å². The van der Waals surface area contributed by atoms with E-state index in [2.05, 4.69) is 55.0 Å². The highest BCUT2D eigenvalue weighted by atomic mass is 16.3. The molecule has 0 spiro atoms. The number of nitrogens with one attached hydrogen (secondary N) is 1. The van der Waals surface area contributed by atoms with E-state index in [-0.39, 0.29) is 11.5 Å². The predicted octanol–water partition coefficient (Wildman–Crippen LogP) is 6.16. The fourth-order valence-electron chi connectivity index (χ4n) is 3.40. The second-order valence-electron chi connectivity index (χ2n) is 8.05. The number of hydrogen-bond acceptors (Lipinski definition) is 4. The molecule has 0 aliphatic rings. The lowest BCUT2D eigenvalue weighted by Crippen LogP contribution is -1.98. The molecular formula is C24H35N3O2. The smallest absolute Gasteiger partial charge is 0.165 e. The Morgan fingerprint density at radius 1 is 1.10 bits per heavy atom. The summed E-state index contributed by atoms with van der Waals surface area (Å²) >= 11 is 0. The lowest BCUT2D eigenvalue weighted by atomic mass is 9.94. The summed E-state index contributed by atoms with van der Waals surface area (Å²) < 4.78 is 0. The Hall–Kier alpha value is -2.56. The van der Waals surface area contributed by atoms with Gasteiger partial charge in [0.25, 0.3) is 0 Å². The fourth-order valence-corrected chi connectivity index (χ4v) is 3.40. The summed E-state index contributed by atoms with van der Waals surface area (Å²) in [6, 6.07) is 1.78. The molecule has 2 aromatic rings. The molecule has 0 aliphatic heterocycles. The number of aromatic amines is 1. The molecule has 1 heterocycles. The van der Waals surface area contributed by atoms with Gasteiger partial charge in [0, 0.05) is 5.56 Å². The molecule has 5 heteroatoms. The monoisotopic (exact) mass is 397 g/mol. The maximum absolute atomic E-state index is 11.0. The number of aromatic hydroxyl groups is 2. The van der Waals surface area contributed by atoms with E-state index in [0.717, 1.165) is 44.1 Å². The van der Waals surface area contributed by atoms with Crippen LogP contribution >= 0.6 is 0 Å². The highest BCUT2D eigenvalue weighted by Gasteiger charge is 2.20. The zero-order valence-corrected chi connectivity index (χ0v) is 18.5. The standard InChI is InChI=1S/C24H35N3O2/c1-6-7-8-12-19-15-21(28)20(14-13-17(4)11-9-10-16(2)3)23(29)22(19)24-25-18(5)26-27-24/h10,13,15,28-29H,6-9,11-12,14H2,1-5H3,(H,25,26,27)/b17-13+. The van der Waals surface area contributed by atoms with Crippen molar-refractivity contribution in [1.82, 2.24) is 15.2 Å². The molecule has 0 saturated carbocycles. The van der Waals surface area contributed by atoms with Gasteiger partial charge in [-0.1, -0.05) is 43.1 Å². The molecule has 29 heavy (non-hydrogen) atoms. The molecule has 0 amide bonds. The Morgan fingerprint density at radius 3 is 2.48 bits per heavy atom. The molecule has 1 aromatic heterocycles. The van der Waals surface area contributed by atoms with E-state index >= 15 is 0 Å². The number of hydrogen-bond donors (Lipinski definition) is 3. The molecule has 0 fully saturated rings. The largest absolute Gasteiger partial charge is 0.508 e. The van der Waals surface area contributed by atoms with E-state index < -0.39 is 0 Å². The predicted molar refractivity (Wildman–Crippen MR) is 119 cm³/mol. The Balaban J connectivity index is 2.34. The second kappa shape index (κ2) is 10.8. The van der Waals surface area contributed by atoms with Gasteiger partial charge in [-0.2, -0.15) is 0 Å². The highest BCUT2D eigenvalue weighted by molar-refractivity contribution is 5.73. The van der Waals surface area contributed by atoms with Crippen molar-refractivity contribution in [2.24, 2.45) is 0 Å². The number of nitrogens with zero attached hydrogens (tertiary/aromatic N) is 2. The van der Waals surface area contributed by atoms with Crippen LogP contribution in [0.15, 0.2) is 29.4 Å². The molecule has 1 aromatic carbocycles. The summed E-state index contributed by atoms with van der Waals surface area (Å²) in [5.41, 5.74) is 4.65. The van der Waals surface area contributed by atoms with Gasteiger partial charge in [-0.15, -0.1) is 10.2 Å². The Labute approximate surface area is 174 Å². The zero-order chi connectivity index (χ0) is 21.4. The lowest BCUT2D eigenvalue weighted by molar-refractivity contribution is 0.440. The molecule has 0 unspecified atom stereocenters. The molecule has 3 N–H and O–H groups in total. The molecule has 2 rings (SSSR count). The minimum absolute atomic E-state index is 0.0981. The van der Waals surface area contributed by atoms with Crippen molar-refractivity contribution >= 4 is 0 Å². The summed E-state index contributed by atoms with van der Waals surface area (Å²) in [6.45, 7) is 10.3. The van der Waals surface area contributed by atoms with E-state index in [0.29, 0.717) is 29.2 Å². The van der Waals surface area contributed by atoms with Gasteiger partial charge in [-0.05, 0) is 71.4 Å². The molecular weight excluding hydrogens is 362 g/mol. The first-order valence-corrected chi connectivity index (χ1v) is 10.6. The summed E-state index contributed by atoms with van der Waals surface area (Å²) in [6.07, 6.45) is 10.8. The van der Waals surface area contributed by atoms with Crippen LogP contribution in [0.2, 0.25) is 0 Å². The number of phenols is 2. The third kappa shape index (κ3) is 6.48. The number of rotatable bonds is 10. The van der Waals surface area contributed by atoms with Crippen LogP contribution in [-0.4, -0.2) is 25.4 Å². The molecule has 0 aliphatic carbocycles. The molecule has 0 saturated heterocycles. The van der Waals surface area contributed by atoms with Gasteiger partial charge in [-0.25, -0.2) is 0 Å². The van der Waals surface area contributed by atoms with Crippen molar-refractivity contribution in [2.75, 3.05) is 0 Å². The van der Waals surface area contributed by atoms with Crippen molar-refractivity contribution < 1.29 is 10.2 Å². The van der Waals surface area contributed by atoms with Gasteiger partial charge in [0.1, 0.15) is 17.3 Å². The number of benzene rings is 1. The number of aromatic nitrogens is 3. The summed E-state index contributed by atoms with van der Waals surface area (Å²) in [7, 11) is 0. The van der Waals surface area contributed by atoms with Crippen molar-refractivity contribution in [3.8, 4) is 22.9 Å². The second-order valence-corrected chi connectivity index (χ2v) is 8.05. The molecule has 0 bridgehead atoms. The van der Waals surface area contributed by atoms with Crippen LogP contribution in [0.3, 0.4) is 0 Å². The minimum atomic E-state index is 0.0981. The van der Waals surface area contributed by atoms with Crippen molar-refractivity contribution in [2.45, 2.75) is 79.6 Å². The number of H-pyrrole nitrogens is 1. The number of allylic oxidation sites excluding steroid dienone is 4. The van der Waals surface area contributed by atoms with Crippen LogP contribution in [0, 0.1) is 6.92 Å². The normalized spacial score (nSPS) is 11.7. The average Bonchev–Trinajstić information content (AvgIpc) is 3.07. The first-order valence-electron chi connectivity index (χ1n) is 10.6. The van der Waals surface area contributed by atoms with Gasteiger partial charge in [0.2, 0.25) is 0 Å². The lowest BCUT2D eigenvalue weighted by Gasteiger charge is -2.15. The fraction of sp³-hybridized carbons (Fsp3) is 0.500. The quantitative estimate of drug-likeness (QED) is 0.331. The molecule has 0 atom stereocenters. The topological polar surface area (TPSA) is 82.0 Å². The Kier molecular flexibility index (Phi) is 8.50. The molecule has 158 valence electrons. The van der Waals surface area contributed by atoms with Crippen LogP contribution < -0.4 is 0 Å². The Bertz CT molecular complexity index is 874. The average molecular weight is 398 g/mol. The maximum Gasteiger partial charge on any atom is 0.165 e. The van der Waals surface area contributed by atoms with Gasteiger partial charge in [0.15, 0.2) is 5.82 Å². The maximum atomic E-state index is 11.0. The zero-order valence-electron chi connectivity index (χ0n) is 18.5. The van der Waals surface area contributed by atoms with E-state index in [9.17, 15) is 10.2 Å². The van der Waals surface area contributed by atoms with Gasteiger partial charge in [0.05, 0.1) is 5.56 Å². The summed E-state index contributed by atoms with van der Waals surface area (Å²) in [5.74, 6) is 1.49. The first kappa shape index (κ1) is 22.7. The third-order valence-electron chi connectivity index (χ3n) is 5.10. The molecule has 5 nitrogen and oxygen atoms in total. The first-order chi connectivity index (χ1) is 13.8. The van der Waals surface area contributed by atoms with Crippen LogP contribution in [-0.2, 0) is 12.8 Å². The number of unbranched alkanes of at least 4 members (excludes halogenated alkanes) is 2. The minimum Gasteiger partial charge on any atom is -0.508 e. The SMILES string of the molecule is CCCCCc1cc(O)c(C/C=C(\C)CCC=C(C)C)c(O)c1-c1nnc(C)[nH]1. The van der Waals surface area contributed by atoms with Crippen molar-refractivity contribution in [3.05, 3.63) is 46.3 Å². The van der Waals surface area contributed by atoms with Crippen LogP contribution in [0.25, 0.3) is 11.4 Å². The van der Waals surface area contributed by atoms with Gasteiger partial charge < -0.3 is 15.2 Å². The van der Waals surface area contributed by atoms with E-state index in [1.54, 1.807) is 6.07 Å². The van der Waals surface area contributed by atoms with Crippen LogP contribution in [0.4, 0.5) is 0 Å². The highest BCUT2D eigenvalue weighted by Crippen LogP contribution is 2.40. The third-order valence-corrected chi connectivity index (χ3v) is 5.10. The van der Waals surface area contributed by atoms with Crippen LogP contribution in [0.1, 0.15) is 76.8 Å². The summed E-state index contributed by atoms with van der Waals surface area (Å²) in [4.78, 5) is 3.13. The van der Waals surface area contributed by atoms with Crippen molar-refractivity contribution in [1.29, 1.82) is 0 Å². The van der Waals surface area contributed by atoms with Gasteiger partial charge in [-0.3, -0.25) is 0 Å². The molecule has 0 radical (unpaired) electrons. The van der Waals surface area contributed by atoms with Gasteiger partial charge >= 0.3 is 0 Å². The van der Waals surface area contributed by atoms with E-state index in [1.807, 2.05) is 6.92 Å². The summed E-state index contributed by atoms with van der Waals surface area (Å²) in [5, 5.41) is 29.9. The Morgan fingerprint density at radius 2 is 1.86 bits per heavy atom. The van der Waals surface area contributed by atoms with Crippen LogP contribution in [0.5, 0.6) is 11.5 Å².